The molecule has 0 aliphatic carbocycles. The predicted molar refractivity (Wildman–Crippen MR) is 104 cm³/mol. The van der Waals surface area contributed by atoms with Crippen molar-refractivity contribution in [2.75, 3.05) is 40.4 Å². The number of hydrogen-bond donors (Lipinski definition) is 1. The summed E-state index contributed by atoms with van der Waals surface area (Å²) in [5.41, 5.74) is 1.27. The fourth-order valence-corrected chi connectivity index (χ4v) is 3.27. The number of guanidine groups is 1. The first kappa shape index (κ1) is 20.1. The fraction of sp³-hybridized carbons (Fsp3) is 0.600. The number of esters is 1. The molecule has 6 heteroatoms. The third kappa shape index (κ3) is 5.93. The van der Waals surface area contributed by atoms with Gasteiger partial charge in [0.2, 0.25) is 0 Å². The maximum atomic E-state index is 12.0. The van der Waals surface area contributed by atoms with Gasteiger partial charge < -0.3 is 19.7 Å². The van der Waals surface area contributed by atoms with Crippen LogP contribution in [0.25, 0.3) is 0 Å². The molecule has 144 valence electrons. The largest absolute Gasteiger partial charge is 0.497 e. The van der Waals surface area contributed by atoms with E-state index >= 15 is 0 Å². The van der Waals surface area contributed by atoms with Crippen molar-refractivity contribution >= 4 is 11.9 Å². The number of rotatable bonds is 7. The Morgan fingerprint density at radius 3 is 3.00 bits per heavy atom. The molecule has 1 aliphatic rings. The van der Waals surface area contributed by atoms with E-state index in [0.29, 0.717) is 13.2 Å². The Morgan fingerprint density at radius 1 is 1.42 bits per heavy atom. The molecule has 6 nitrogen and oxygen atoms in total. The zero-order valence-electron chi connectivity index (χ0n) is 16.2. The van der Waals surface area contributed by atoms with Crippen molar-refractivity contribution in [2.45, 2.75) is 32.6 Å². The van der Waals surface area contributed by atoms with E-state index in [2.05, 4.69) is 27.3 Å². The summed E-state index contributed by atoms with van der Waals surface area (Å²) < 4.78 is 10.4. The van der Waals surface area contributed by atoms with Crippen LogP contribution in [-0.2, 0) is 16.0 Å². The molecule has 1 unspecified atom stereocenters. The van der Waals surface area contributed by atoms with E-state index in [1.807, 2.05) is 19.1 Å². The Bertz CT molecular complexity index is 604. The third-order valence-electron chi connectivity index (χ3n) is 4.61. The van der Waals surface area contributed by atoms with Crippen molar-refractivity contribution in [2.24, 2.45) is 10.9 Å². The molecule has 1 atom stereocenters. The molecule has 0 amide bonds. The second-order valence-corrected chi connectivity index (χ2v) is 6.47. The minimum Gasteiger partial charge on any atom is -0.497 e. The lowest BCUT2D eigenvalue weighted by atomic mass is 9.98. The molecular weight excluding hydrogens is 330 g/mol. The van der Waals surface area contributed by atoms with Gasteiger partial charge >= 0.3 is 5.97 Å². The Balaban J connectivity index is 1.78. The molecule has 1 aromatic carbocycles. The topological polar surface area (TPSA) is 63.2 Å². The molecule has 1 fully saturated rings. The lowest BCUT2D eigenvalue weighted by molar-refractivity contribution is -0.149. The van der Waals surface area contributed by atoms with Crippen LogP contribution >= 0.6 is 0 Å². The number of ether oxygens (including phenoxy) is 2. The van der Waals surface area contributed by atoms with Crippen LogP contribution in [0.3, 0.4) is 0 Å². The van der Waals surface area contributed by atoms with Gasteiger partial charge in [-0.1, -0.05) is 12.1 Å². The highest BCUT2D eigenvalue weighted by molar-refractivity contribution is 5.81. The maximum absolute atomic E-state index is 12.0. The SMILES string of the molecule is CCOC(=O)C1CCCN(C(=NC)NCCCc2cccc(OC)c2)C1. The van der Waals surface area contributed by atoms with Gasteiger partial charge in [0.1, 0.15) is 5.75 Å². The minimum atomic E-state index is -0.0920. The van der Waals surface area contributed by atoms with Crippen LogP contribution in [0.15, 0.2) is 29.3 Å². The predicted octanol–water partition coefficient (Wildman–Crippen LogP) is 2.48. The summed E-state index contributed by atoms with van der Waals surface area (Å²) in [6, 6.07) is 8.17. The van der Waals surface area contributed by atoms with Crippen molar-refractivity contribution in [3.8, 4) is 5.75 Å². The Labute approximate surface area is 156 Å². The quantitative estimate of drug-likeness (QED) is 0.350. The molecule has 0 saturated carbocycles. The van der Waals surface area contributed by atoms with Gasteiger partial charge in [0, 0.05) is 26.7 Å². The van der Waals surface area contributed by atoms with Gasteiger partial charge in [-0.15, -0.1) is 0 Å². The Hall–Kier alpha value is -2.24. The van der Waals surface area contributed by atoms with Crippen LogP contribution < -0.4 is 10.1 Å². The van der Waals surface area contributed by atoms with Crippen molar-refractivity contribution in [3.63, 3.8) is 0 Å². The number of aryl methyl sites for hydroxylation is 1. The first-order valence-electron chi connectivity index (χ1n) is 9.43. The molecule has 0 aromatic heterocycles. The molecular formula is C20H31N3O3. The standard InChI is InChI=1S/C20H31N3O3/c1-4-26-19(24)17-10-7-13-23(15-17)20(21-2)22-12-6-9-16-8-5-11-18(14-16)25-3/h5,8,11,14,17H,4,6-7,9-10,12-13,15H2,1-3H3,(H,21,22). The number of nitrogens with one attached hydrogen (secondary N) is 1. The highest BCUT2D eigenvalue weighted by Gasteiger charge is 2.28. The number of carbonyl (C=O) groups is 1. The lowest BCUT2D eigenvalue weighted by Crippen LogP contribution is -2.48. The number of nitrogens with zero attached hydrogens (tertiary/aromatic N) is 2. The number of carbonyl (C=O) groups excluding carboxylic acids is 1. The summed E-state index contributed by atoms with van der Waals surface area (Å²) in [4.78, 5) is 18.6. The zero-order chi connectivity index (χ0) is 18.8. The van der Waals surface area contributed by atoms with Crippen molar-refractivity contribution < 1.29 is 14.3 Å². The van der Waals surface area contributed by atoms with Crippen molar-refractivity contribution in [1.82, 2.24) is 10.2 Å². The molecule has 0 bridgehead atoms. The van der Waals surface area contributed by atoms with Crippen molar-refractivity contribution in [3.05, 3.63) is 29.8 Å². The Morgan fingerprint density at radius 2 is 2.27 bits per heavy atom. The van der Waals surface area contributed by atoms with E-state index in [-0.39, 0.29) is 11.9 Å². The van der Waals surface area contributed by atoms with E-state index in [4.69, 9.17) is 9.47 Å². The highest BCUT2D eigenvalue weighted by Crippen LogP contribution is 2.18. The second kappa shape index (κ2) is 10.7. The first-order valence-corrected chi connectivity index (χ1v) is 9.43. The normalized spacial score (nSPS) is 17.7. The molecule has 1 aliphatic heterocycles. The summed E-state index contributed by atoms with van der Waals surface area (Å²) in [7, 11) is 3.48. The lowest BCUT2D eigenvalue weighted by Gasteiger charge is -2.34. The molecule has 26 heavy (non-hydrogen) atoms. The van der Waals surface area contributed by atoms with Crippen LogP contribution in [0.4, 0.5) is 0 Å². The van der Waals surface area contributed by atoms with Gasteiger partial charge in [0.05, 0.1) is 19.6 Å². The number of methoxy groups -OCH3 is 1. The molecule has 0 spiro atoms. The van der Waals surface area contributed by atoms with Gasteiger partial charge in [0.15, 0.2) is 5.96 Å². The van der Waals surface area contributed by atoms with E-state index in [1.54, 1.807) is 14.2 Å². The van der Waals surface area contributed by atoms with Crippen LogP contribution in [-0.4, -0.2) is 57.2 Å². The summed E-state index contributed by atoms with van der Waals surface area (Å²) >= 11 is 0. The number of hydrogen-bond acceptors (Lipinski definition) is 4. The third-order valence-corrected chi connectivity index (χ3v) is 4.61. The summed E-state index contributed by atoms with van der Waals surface area (Å²) in [6.45, 7) is 4.72. The average molecular weight is 361 g/mol. The van der Waals surface area contributed by atoms with Gasteiger partial charge in [-0.2, -0.15) is 0 Å². The number of aliphatic imine (C=N–C) groups is 1. The number of benzene rings is 1. The molecule has 1 N–H and O–H groups in total. The minimum absolute atomic E-state index is 0.0565. The average Bonchev–Trinajstić information content (AvgIpc) is 2.68. The summed E-state index contributed by atoms with van der Waals surface area (Å²) in [5, 5.41) is 3.42. The monoisotopic (exact) mass is 361 g/mol. The number of likely N-dealkylation sites (tertiary alicyclic amines) is 1. The van der Waals surface area contributed by atoms with Crippen molar-refractivity contribution in [1.29, 1.82) is 0 Å². The van der Waals surface area contributed by atoms with Crippen LogP contribution in [0.5, 0.6) is 5.75 Å². The highest BCUT2D eigenvalue weighted by atomic mass is 16.5. The van der Waals surface area contributed by atoms with Gasteiger partial charge in [-0.05, 0) is 50.3 Å². The first-order chi connectivity index (χ1) is 12.7. The molecule has 2 rings (SSSR count). The zero-order valence-corrected chi connectivity index (χ0v) is 16.2. The van der Waals surface area contributed by atoms with Gasteiger partial charge in [0.25, 0.3) is 0 Å². The van der Waals surface area contributed by atoms with E-state index < -0.39 is 0 Å². The van der Waals surface area contributed by atoms with Crippen LogP contribution in [0.1, 0.15) is 31.7 Å². The van der Waals surface area contributed by atoms with E-state index in [0.717, 1.165) is 50.5 Å². The number of piperidine rings is 1. The van der Waals surface area contributed by atoms with Gasteiger partial charge in [-0.25, -0.2) is 0 Å². The summed E-state index contributed by atoms with van der Waals surface area (Å²) in [6.07, 6.45) is 3.85. The second-order valence-electron chi connectivity index (χ2n) is 6.47. The maximum Gasteiger partial charge on any atom is 0.310 e. The van der Waals surface area contributed by atoms with Gasteiger partial charge in [-0.3, -0.25) is 9.79 Å². The summed E-state index contributed by atoms with van der Waals surface area (Å²) in [5.74, 6) is 1.61. The van der Waals surface area contributed by atoms with Crippen LogP contribution in [0.2, 0.25) is 0 Å². The molecule has 1 heterocycles. The van der Waals surface area contributed by atoms with E-state index in [9.17, 15) is 4.79 Å². The molecule has 1 saturated heterocycles. The van der Waals surface area contributed by atoms with E-state index in [1.165, 1.54) is 5.56 Å². The smallest absolute Gasteiger partial charge is 0.310 e. The Kier molecular flexibility index (Phi) is 8.25. The van der Waals surface area contributed by atoms with Crippen LogP contribution in [0, 0.1) is 5.92 Å². The fourth-order valence-electron chi connectivity index (χ4n) is 3.27. The molecule has 1 aromatic rings. The molecule has 0 radical (unpaired) electrons.